The highest BCUT2D eigenvalue weighted by Gasteiger charge is 2.07. The monoisotopic (exact) mass is 324 g/mol. The molecule has 0 fully saturated rings. The van der Waals surface area contributed by atoms with E-state index in [0.29, 0.717) is 6.42 Å². The Balaban J connectivity index is 2.38. The molecule has 0 radical (unpaired) electrons. The van der Waals surface area contributed by atoms with Crippen LogP contribution in [0.2, 0.25) is 0 Å². The Morgan fingerprint density at radius 1 is 1.37 bits per heavy atom. The van der Waals surface area contributed by atoms with Gasteiger partial charge in [-0.25, -0.2) is 0 Å². The molecule has 0 heterocycles. The minimum atomic E-state index is 0.0440. The summed E-state index contributed by atoms with van der Waals surface area (Å²) in [6.45, 7) is 10.5. The van der Waals surface area contributed by atoms with Crippen LogP contribution in [-0.4, -0.2) is 30.4 Å². The van der Waals surface area contributed by atoms with Gasteiger partial charge in [-0.2, -0.15) is 0 Å². The van der Waals surface area contributed by atoms with E-state index in [1.807, 2.05) is 31.2 Å². The summed E-state index contributed by atoms with van der Waals surface area (Å²) in [7, 11) is 0. The van der Waals surface area contributed by atoms with Crippen LogP contribution in [0.25, 0.3) is 0 Å². The van der Waals surface area contributed by atoms with Crippen molar-refractivity contribution in [3.05, 3.63) is 40.9 Å². The van der Waals surface area contributed by atoms with Crippen LogP contribution >= 0.6 is 15.9 Å². The fourth-order valence-electron chi connectivity index (χ4n) is 1.75. The van der Waals surface area contributed by atoms with E-state index in [1.165, 1.54) is 0 Å². The Morgan fingerprint density at radius 3 is 2.53 bits per heavy atom. The first kappa shape index (κ1) is 15.9. The highest BCUT2D eigenvalue weighted by Crippen LogP contribution is 2.14. The largest absolute Gasteiger partial charge is 0.326 e. The lowest BCUT2D eigenvalue weighted by molar-refractivity contribution is -0.116. The van der Waals surface area contributed by atoms with Crippen molar-refractivity contribution < 1.29 is 4.79 Å². The van der Waals surface area contributed by atoms with Gasteiger partial charge in [0.15, 0.2) is 0 Å². The lowest BCUT2D eigenvalue weighted by Crippen LogP contribution is -2.29. The fraction of sp³-hybridized carbons (Fsp3) is 0.400. The number of hydrogen-bond acceptors (Lipinski definition) is 2. The van der Waals surface area contributed by atoms with E-state index in [-0.39, 0.29) is 5.91 Å². The fourth-order valence-corrected chi connectivity index (χ4v) is 2.01. The third kappa shape index (κ3) is 6.55. The molecule has 0 aliphatic heterocycles. The zero-order valence-electron chi connectivity index (χ0n) is 11.6. The van der Waals surface area contributed by atoms with E-state index in [0.717, 1.165) is 35.4 Å². The standard InChI is InChI=1S/C15H21BrN2O/c1-4-18(11-12(2)3)10-9-15(19)17-14-7-5-13(16)6-8-14/h5-8H,2,4,9-11H2,1,3H3,(H,17,19). The van der Waals surface area contributed by atoms with Crippen molar-refractivity contribution in [2.24, 2.45) is 0 Å². The smallest absolute Gasteiger partial charge is 0.225 e. The molecule has 0 bridgehead atoms. The van der Waals surface area contributed by atoms with Crippen LogP contribution in [0.15, 0.2) is 40.9 Å². The predicted octanol–water partition coefficient (Wildman–Crippen LogP) is 3.68. The third-order valence-corrected chi connectivity index (χ3v) is 3.25. The lowest BCUT2D eigenvalue weighted by atomic mass is 10.2. The maximum absolute atomic E-state index is 11.8. The van der Waals surface area contributed by atoms with Gasteiger partial charge in [0.25, 0.3) is 0 Å². The second-order valence-corrected chi connectivity index (χ2v) is 5.55. The van der Waals surface area contributed by atoms with Crippen LogP contribution in [0, 0.1) is 0 Å². The second kappa shape index (κ2) is 8.12. The summed E-state index contributed by atoms with van der Waals surface area (Å²) in [5.41, 5.74) is 1.95. The summed E-state index contributed by atoms with van der Waals surface area (Å²) in [5, 5.41) is 2.89. The van der Waals surface area contributed by atoms with Gasteiger partial charge in [0.1, 0.15) is 0 Å². The van der Waals surface area contributed by atoms with Crippen molar-refractivity contribution in [2.45, 2.75) is 20.3 Å². The molecule has 19 heavy (non-hydrogen) atoms. The number of nitrogens with zero attached hydrogens (tertiary/aromatic N) is 1. The van der Waals surface area contributed by atoms with Crippen molar-refractivity contribution >= 4 is 27.5 Å². The van der Waals surface area contributed by atoms with Crippen LogP contribution in [0.1, 0.15) is 20.3 Å². The van der Waals surface area contributed by atoms with Gasteiger partial charge in [-0.15, -0.1) is 0 Å². The van der Waals surface area contributed by atoms with Crippen molar-refractivity contribution in [2.75, 3.05) is 25.0 Å². The molecular weight excluding hydrogens is 304 g/mol. The van der Waals surface area contributed by atoms with Gasteiger partial charge in [-0.05, 0) is 37.7 Å². The van der Waals surface area contributed by atoms with Gasteiger partial charge in [0.05, 0.1) is 0 Å². The van der Waals surface area contributed by atoms with E-state index >= 15 is 0 Å². The Morgan fingerprint density at radius 2 is 2.00 bits per heavy atom. The van der Waals surface area contributed by atoms with E-state index in [2.05, 4.69) is 39.6 Å². The van der Waals surface area contributed by atoms with Gasteiger partial charge in [-0.3, -0.25) is 9.69 Å². The highest BCUT2D eigenvalue weighted by atomic mass is 79.9. The van der Waals surface area contributed by atoms with Crippen LogP contribution in [0.4, 0.5) is 5.69 Å². The lowest BCUT2D eigenvalue weighted by Gasteiger charge is -2.19. The molecule has 0 unspecified atom stereocenters. The Hall–Kier alpha value is -1.13. The SMILES string of the molecule is C=C(C)CN(CC)CCC(=O)Nc1ccc(Br)cc1. The topological polar surface area (TPSA) is 32.3 Å². The Labute approximate surface area is 123 Å². The number of rotatable bonds is 7. The molecule has 0 atom stereocenters. The first-order valence-electron chi connectivity index (χ1n) is 6.43. The summed E-state index contributed by atoms with van der Waals surface area (Å²) in [6.07, 6.45) is 0.497. The minimum Gasteiger partial charge on any atom is -0.326 e. The zero-order valence-corrected chi connectivity index (χ0v) is 13.2. The number of anilines is 1. The summed E-state index contributed by atoms with van der Waals surface area (Å²) in [5.74, 6) is 0.0440. The second-order valence-electron chi connectivity index (χ2n) is 4.63. The van der Waals surface area contributed by atoms with Gasteiger partial charge < -0.3 is 5.32 Å². The first-order valence-corrected chi connectivity index (χ1v) is 7.22. The van der Waals surface area contributed by atoms with E-state index in [9.17, 15) is 4.79 Å². The molecule has 0 saturated carbocycles. The van der Waals surface area contributed by atoms with E-state index in [4.69, 9.17) is 0 Å². The number of carbonyl (C=O) groups is 1. The van der Waals surface area contributed by atoms with Gasteiger partial charge in [0.2, 0.25) is 5.91 Å². The first-order chi connectivity index (χ1) is 9.01. The maximum Gasteiger partial charge on any atom is 0.225 e. The molecule has 1 rings (SSSR count). The number of nitrogens with one attached hydrogen (secondary N) is 1. The molecule has 1 aromatic rings. The summed E-state index contributed by atoms with van der Waals surface area (Å²) >= 11 is 3.37. The van der Waals surface area contributed by atoms with Crippen molar-refractivity contribution in [1.82, 2.24) is 4.90 Å². The molecule has 0 spiro atoms. The quantitative estimate of drug-likeness (QED) is 0.776. The van der Waals surface area contributed by atoms with Gasteiger partial charge in [-0.1, -0.05) is 35.0 Å². The number of likely N-dealkylation sites (N-methyl/N-ethyl adjacent to an activating group) is 1. The number of carbonyl (C=O) groups excluding carboxylic acids is 1. The van der Waals surface area contributed by atoms with Crippen molar-refractivity contribution in [1.29, 1.82) is 0 Å². The molecule has 3 nitrogen and oxygen atoms in total. The van der Waals surface area contributed by atoms with Gasteiger partial charge >= 0.3 is 0 Å². The Bertz CT molecular complexity index is 428. The van der Waals surface area contributed by atoms with Crippen LogP contribution in [0.3, 0.4) is 0 Å². The summed E-state index contributed by atoms with van der Waals surface area (Å²) < 4.78 is 1.00. The number of halogens is 1. The Kier molecular flexibility index (Phi) is 6.81. The maximum atomic E-state index is 11.8. The molecule has 1 aromatic carbocycles. The molecule has 1 amide bonds. The normalized spacial score (nSPS) is 10.5. The van der Waals surface area contributed by atoms with Crippen molar-refractivity contribution in [3.63, 3.8) is 0 Å². The molecule has 104 valence electrons. The number of hydrogen-bond donors (Lipinski definition) is 1. The molecule has 0 aliphatic carbocycles. The third-order valence-electron chi connectivity index (χ3n) is 2.72. The predicted molar refractivity (Wildman–Crippen MR) is 84.3 cm³/mol. The average molecular weight is 325 g/mol. The number of amides is 1. The van der Waals surface area contributed by atoms with Gasteiger partial charge in [0, 0.05) is 29.7 Å². The average Bonchev–Trinajstić information content (AvgIpc) is 2.37. The zero-order chi connectivity index (χ0) is 14.3. The van der Waals surface area contributed by atoms with Crippen LogP contribution < -0.4 is 5.32 Å². The molecule has 4 heteroatoms. The highest BCUT2D eigenvalue weighted by molar-refractivity contribution is 9.10. The minimum absolute atomic E-state index is 0.0440. The van der Waals surface area contributed by atoms with Crippen molar-refractivity contribution in [3.8, 4) is 0 Å². The number of benzene rings is 1. The molecule has 1 N–H and O–H groups in total. The molecular formula is C15H21BrN2O. The van der Waals surface area contributed by atoms with E-state index < -0.39 is 0 Å². The molecule has 0 aromatic heterocycles. The molecule has 0 aliphatic rings. The summed E-state index contributed by atoms with van der Waals surface area (Å²) in [4.78, 5) is 14.0. The van der Waals surface area contributed by atoms with E-state index in [1.54, 1.807) is 0 Å². The molecule has 0 saturated heterocycles. The van der Waals surface area contributed by atoms with Crippen LogP contribution in [-0.2, 0) is 4.79 Å². The van der Waals surface area contributed by atoms with Crippen LogP contribution in [0.5, 0.6) is 0 Å². The summed E-state index contributed by atoms with van der Waals surface area (Å²) in [6, 6.07) is 7.59.